The molecule has 1 aromatic carbocycles. The molecule has 0 saturated carbocycles. The molecule has 1 aromatic rings. The van der Waals surface area contributed by atoms with Gasteiger partial charge in [0, 0.05) is 18.1 Å². The third kappa shape index (κ3) is 3.45. The molecular weight excluding hydrogens is 212 g/mol. The predicted octanol–water partition coefficient (Wildman–Crippen LogP) is 2.42. The smallest absolute Gasteiger partial charge is 0.118 e. The summed E-state index contributed by atoms with van der Waals surface area (Å²) >= 11 is 0. The summed E-state index contributed by atoms with van der Waals surface area (Å²) in [7, 11) is 3.78. The Morgan fingerprint density at radius 3 is 2.06 bits per heavy atom. The minimum atomic E-state index is 0.0216. The van der Waals surface area contributed by atoms with Crippen LogP contribution in [0.2, 0.25) is 0 Å². The Morgan fingerprint density at radius 1 is 1.12 bits per heavy atom. The Bertz CT molecular complexity index is 335. The maximum atomic E-state index is 6.29. The highest BCUT2D eigenvalue weighted by molar-refractivity contribution is 5.29. The Labute approximate surface area is 105 Å². The van der Waals surface area contributed by atoms with Crippen molar-refractivity contribution in [2.24, 2.45) is 5.73 Å². The van der Waals surface area contributed by atoms with E-state index < -0.39 is 0 Å². The average molecular weight is 236 g/mol. The monoisotopic (exact) mass is 236 g/mol. The molecule has 3 nitrogen and oxygen atoms in total. The summed E-state index contributed by atoms with van der Waals surface area (Å²) in [6.07, 6.45) is 0. The minimum Gasteiger partial charge on any atom is -0.497 e. The maximum Gasteiger partial charge on any atom is 0.118 e. The molecule has 2 N–H and O–H groups in total. The van der Waals surface area contributed by atoms with E-state index in [9.17, 15) is 0 Å². The minimum absolute atomic E-state index is 0.0216. The first-order chi connectivity index (χ1) is 7.97. The van der Waals surface area contributed by atoms with Crippen molar-refractivity contribution in [2.45, 2.75) is 38.9 Å². The molecule has 0 amide bonds. The van der Waals surface area contributed by atoms with Crippen LogP contribution in [0.15, 0.2) is 24.3 Å². The molecule has 3 heteroatoms. The fourth-order valence-electron chi connectivity index (χ4n) is 1.83. The topological polar surface area (TPSA) is 38.5 Å². The quantitative estimate of drug-likeness (QED) is 0.853. The standard InChI is InChI=1S/C14H24N2O/c1-10(2)16(4)11(3)14(15)12-6-8-13(17-5)9-7-12/h6-11,14H,15H2,1-5H3. The summed E-state index contributed by atoms with van der Waals surface area (Å²) in [5.74, 6) is 0.866. The molecule has 17 heavy (non-hydrogen) atoms. The van der Waals surface area contributed by atoms with E-state index in [0.717, 1.165) is 11.3 Å². The van der Waals surface area contributed by atoms with Crippen molar-refractivity contribution in [3.63, 3.8) is 0 Å². The average Bonchev–Trinajstić information content (AvgIpc) is 2.36. The van der Waals surface area contributed by atoms with Gasteiger partial charge < -0.3 is 10.5 Å². The molecule has 96 valence electrons. The maximum absolute atomic E-state index is 6.29. The zero-order valence-electron chi connectivity index (χ0n) is 11.5. The van der Waals surface area contributed by atoms with Crippen LogP contribution in [0.25, 0.3) is 0 Å². The number of rotatable bonds is 5. The van der Waals surface area contributed by atoms with Crippen LogP contribution in [-0.4, -0.2) is 31.1 Å². The lowest BCUT2D eigenvalue weighted by atomic mass is 9.99. The molecule has 1 rings (SSSR count). The number of benzene rings is 1. The van der Waals surface area contributed by atoms with Gasteiger partial charge >= 0.3 is 0 Å². The van der Waals surface area contributed by atoms with Gasteiger partial charge in [-0.2, -0.15) is 0 Å². The molecule has 0 heterocycles. The molecule has 0 saturated heterocycles. The fraction of sp³-hybridized carbons (Fsp3) is 0.571. The first-order valence-electron chi connectivity index (χ1n) is 6.08. The van der Waals surface area contributed by atoms with Gasteiger partial charge in [-0.25, -0.2) is 0 Å². The highest BCUT2D eigenvalue weighted by Gasteiger charge is 2.20. The lowest BCUT2D eigenvalue weighted by Crippen LogP contribution is -2.42. The van der Waals surface area contributed by atoms with E-state index in [1.165, 1.54) is 0 Å². The molecule has 0 aliphatic heterocycles. The summed E-state index contributed by atoms with van der Waals surface area (Å²) in [5, 5.41) is 0. The van der Waals surface area contributed by atoms with Gasteiger partial charge in [-0.15, -0.1) is 0 Å². The number of hydrogen-bond acceptors (Lipinski definition) is 3. The van der Waals surface area contributed by atoms with E-state index in [2.05, 4.69) is 32.7 Å². The van der Waals surface area contributed by atoms with Gasteiger partial charge in [-0.3, -0.25) is 4.90 Å². The van der Waals surface area contributed by atoms with Crippen molar-refractivity contribution in [3.8, 4) is 5.75 Å². The first kappa shape index (κ1) is 14.0. The van der Waals surface area contributed by atoms with Gasteiger partial charge in [0.1, 0.15) is 5.75 Å². The van der Waals surface area contributed by atoms with Crippen molar-refractivity contribution >= 4 is 0 Å². The summed E-state index contributed by atoms with van der Waals surface area (Å²) in [5.41, 5.74) is 7.43. The van der Waals surface area contributed by atoms with E-state index in [4.69, 9.17) is 10.5 Å². The Balaban J connectivity index is 2.77. The van der Waals surface area contributed by atoms with E-state index in [0.29, 0.717) is 12.1 Å². The molecule has 2 atom stereocenters. The molecular formula is C14H24N2O. The summed E-state index contributed by atoms with van der Waals surface area (Å²) in [4.78, 5) is 2.29. The van der Waals surface area contributed by atoms with Gasteiger partial charge in [0.05, 0.1) is 7.11 Å². The first-order valence-corrected chi connectivity index (χ1v) is 6.08. The highest BCUT2D eigenvalue weighted by Crippen LogP contribution is 2.21. The number of likely N-dealkylation sites (N-methyl/N-ethyl adjacent to an activating group) is 1. The van der Waals surface area contributed by atoms with Crippen LogP contribution in [0.1, 0.15) is 32.4 Å². The molecule has 0 fully saturated rings. The lowest BCUT2D eigenvalue weighted by Gasteiger charge is -2.32. The summed E-state index contributed by atoms with van der Waals surface area (Å²) < 4.78 is 5.14. The molecule has 0 bridgehead atoms. The number of methoxy groups -OCH3 is 1. The highest BCUT2D eigenvalue weighted by atomic mass is 16.5. The van der Waals surface area contributed by atoms with Gasteiger partial charge in [0.2, 0.25) is 0 Å². The van der Waals surface area contributed by atoms with Crippen LogP contribution < -0.4 is 10.5 Å². The van der Waals surface area contributed by atoms with Crippen molar-refractivity contribution in [2.75, 3.05) is 14.2 Å². The SMILES string of the molecule is COc1ccc(C(N)C(C)N(C)C(C)C)cc1. The second-order valence-corrected chi connectivity index (χ2v) is 4.80. The van der Waals surface area contributed by atoms with Gasteiger partial charge in [0.15, 0.2) is 0 Å². The Kier molecular flexibility index (Phi) is 4.97. The van der Waals surface area contributed by atoms with E-state index in [1.54, 1.807) is 7.11 Å². The molecule has 0 aliphatic rings. The van der Waals surface area contributed by atoms with E-state index >= 15 is 0 Å². The van der Waals surface area contributed by atoms with Gasteiger partial charge in [-0.1, -0.05) is 12.1 Å². The molecule has 0 radical (unpaired) electrons. The zero-order valence-corrected chi connectivity index (χ0v) is 11.5. The van der Waals surface area contributed by atoms with Crippen molar-refractivity contribution in [3.05, 3.63) is 29.8 Å². The predicted molar refractivity (Wildman–Crippen MR) is 72.3 cm³/mol. The van der Waals surface area contributed by atoms with E-state index in [1.807, 2.05) is 24.3 Å². The third-order valence-corrected chi connectivity index (χ3v) is 3.48. The number of nitrogens with two attached hydrogens (primary N) is 1. The summed E-state index contributed by atoms with van der Waals surface area (Å²) in [6, 6.07) is 8.81. The van der Waals surface area contributed by atoms with Gasteiger partial charge in [-0.05, 0) is 45.5 Å². The number of ether oxygens (including phenoxy) is 1. The Hall–Kier alpha value is -1.06. The van der Waals surface area contributed by atoms with E-state index in [-0.39, 0.29) is 6.04 Å². The molecule has 2 unspecified atom stereocenters. The normalized spacial score (nSPS) is 15.1. The van der Waals surface area contributed by atoms with Crippen molar-refractivity contribution < 1.29 is 4.74 Å². The summed E-state index contributed by atoms with van der Waals surface area (Å²) in [6.45, 7) is 6.52. The van der Waals surface area contributed by atoms with Crippen LogP contribution in [-0.2, 0) is 0 Å². The van der Waals surface area contributed by atoms with Crippen LogP contribution >= 0.6 is 0 Å². The van der Waals surface area contributed by atoms with Gasteiger partial charge in [0.25, 0.3) is 0 Å². The third-order valence-electron chi connectivity index (χ3n) is 3.48. The number of hydrogen-bond donors (Lipinski definition) is 1. The fourth-order valence-corrected chi connectivity index (χ4v) is 1.83. The van der Waals surface area contributed by atoms with Crippen molar-refractivity contribution in [1.29, 1.82) is 0 Å². The van der Waals surface area contributed by atoms with Crippen LogP contribution in [0, 0.1) is 0 Å². The largest absolute Gasteiger partial charge is 0.497 e. The van der Waals surface area contributed by atoms with Crippen molar-refractivity contribution in [1.82, 2.24) is 4.90 Å². The second-order valence-electron chi connectivity index (χ2n) is 4.80. The Morgan fingerprint density at radius 2 is 1.65 bits per heavy atom. The number of nitrogens with zero attached hydrogens (tertiary/aromatic N) is 1. The zero-order chi connectivity index (χ0) is 13.0. The molecule has 0 aromatic heterocycles. The van der Waals surface area contributed by atoms with Crippen LogP contribution in [0.3, 0.4) is 0 Å². The lowest BCUT2D eigenvalue weighted by molar-refractivity contribution is 0.183. The van der Waals surface area contributed by atoms with Crippen LogP contribution in [0.5, 0.6) is 5.75 Å². The molecule has 0 aliphatic carbocycles. The second kappa shape index (κ2) is 6.03. The van der Waals surface area contributed by atoms with Crippen LogP contribution in [0.4, 0.5) is 0 Å². The molecule has 0 spiro atoms.